The monoisotopic (exact) mass is 319 g/mol. The third-order valence-electron chi connectivity index (χ3n) is 3.07. The Morgan fingerprint density at radius 1 is 1.61 bits per heavy atom. The van der Waals surface area contributed by atoms with Crippen LogP contribution in [0.2, 0.25) is 0 Å². The zero-order chi connectivity index (χ0) is 16.8. The lowest BCUT2D eigenvalue weighted by molar-refractivity contribution is -0.386. The van der Waals surface area contributed by atoms with Crippen LogP contribution >= 0.6 is 0 Å². The molecule has 1 atom stereocenters. The zero-order valence-corrected chi connectivity index (χ0v) is 11.9. The van der Waals surface area contributed by atoms with Gasteiger partial charge in [0.1, 0.15) is 12.2 Å². The summed E-state index contributed by atoms with van der Waals surface area (Å²) in [4.78, 5) is 21.2. The molecule has 0 aromatic heterocycles. The second-order valence-electron chi connectivity index (χ2n) is 4.66. The quantitative estimate of drug-likeness (QED) is 0.350. The molecule has 0 amide bonds. The molecule has 120 valence electrons. The lowest BCUT2D eigenvalue weighted by Crippen LogP contribution is -2.16. The SMILES string of the molecule is N#CC(=CNc1ccc([N+](=O)[O-])c(OC2CCOC2)c1)C(=O)O. The van der Waals surface area contributed by atoms with Crippen LogP contribution in [0.25, 0.3) is 0 Å². The van der Waals surface area contributed by atoms with Crippen molar-refractivity contribution in [3.05, 3.63) is 40.1 Å². The summed E-state index contributed by atoms with van der Waals surface area (Å²) < 4.78 is 10.7. The maximum absolute atomic E-state index is 11.0. The molecule has 1 heterocycles. The summed E-state index contributed by atoms with van der Waals surface area (Å²) in [6.45, 7) is 0.885. The number of hydrogen-bond donors (Lipinski definition) is 2. The van der Waals surface area contributed by atoms with Gasteiger partial charge in [0, 0.05) is 30.4 Å². The van der Waals surface area contributed by atoms with Crippen LogP contribution in [0.1, 0.15) is 6.42 Å². The molecular formula is C14H13N3O6. The molecule has 0 saturated carbocycles. The largest absolute Gasteiger partial charge is 0.481 e. The predicted octanol–water partition coefficient (Wildman–Crippen LogP) is 1.67. The number of carboxylic acids is 1. The molecule has 1 aliphatic heterocycles. The standard InChI is InChI=1S/C14H13N3O6/c15-6-9(14(18)19)7-16-10-1-2-12(17(20)21)13(5-10)23-11-3-4-22-8-11/h1-2,5,7,11,16H,3-4,8H2,(H,18,19). The van der Waals surface area contributed by atoms with Gasteiger partial charge in [-0.2, -0.15) is 5.26 Å². The normalized spacial score (nSPS) is 17.3. The first-order valence-electron chi connectivity index (χ1n) is 6.64. The number of nitro benzene ring substituents is 1. The molecule has 9 heteroatoms. The van der Waals surface area contributed by atoms with Crippen molar-refractivity contribution in [2.45, 2.75) is 12.5 Å². The van der Waals surface area contributed by atoms with Gasteiger partial charge in [-0.3, -0.25) is 10.1 Å². The minimum absolute atomic E-state index is 0.0535. The van der Waals surface area contributed by atoms with E-state index in [-0.39, 0.29) is 17.5 Å². The molecule has 0 aliphatic carbocycles. The Kier molecular flexibility index (Phi) is 5.11. The minimum atomic E-state index is -1.37. The molecule has 9 nitrogen and oxygen atoms in total. The highest BCUT2D eigenvalue weighted by Crippen LogP contribution is 2.32. The average Bonchev–Trinajstić information content (AvgIpc) is 3.00. The van der Waals surface area contributed by atoms with E-state index >= 15 is 0 Å². The predicted molar refractivity (Wildman–Crippen MR) is 77.9 cm³/mol. The summed E-state index contributed by atoms with van der Waals surface area (Å²) in [5.74, 6) is -1.32. The van der Waals surface area contributed by atoms with E-state index in [1.165, 1.54) is 24.3 Å². The van der Waals surface area contributed by atoms with Crippen molar-refractivity contribution in [3.63, 3.8) is 0 Å². The highest BCUT2D eigenvalue weighted by atomic mass is 16.6. The number of nitrogens with one attached hydrogen (secondary N) is 1. The maximum Gasteiger partial charge on any atom is 0.347 e. The second kappa shape index (κ2) is 7.24. The highest BCUT2D eigenvalue weighted by molar-refractivity contribution is 5.91. The van der Waals surface area contributed by atoms with Crippen LogP contribution in [0.3, 0.4) is 0 Å². The maximum atomic E-state index is 11.0. The summed E-state index contributed by atoms with van der Waals surface area (Å²) in [5.41, 5.74) is -0.335. The minimum Gasteiger partial charge on any atom is -0.481 e. The third kappa shape index (κ3) is 4.18. The topological polar surface area (TPSA) is 135 Å². The van der Waals surface area contributed by atoms with Gasteiger partial charge in [0.15, 0.2) is 11.3 Å². The lowest BCUT2D eigenvalue weighted by Gasteiger charge is -2.13. The van der Waals surface area contributed by atoms with Gasteiger partial charge in [0.25, 0.3) is 0 Å². The molecule has 23 heavy (non-hydrogen) atoms. The van der Waals surface area contributed by atoms with Gasteiger partial charge < -0.3 is 19.9 Å². The average molecular weight is 319 g/mol. The first-order valence-corrected chi connectivity index (χ1v) is 6.64. The van der Waals surface area contributed by atoms with E-state index in [1.54, 1.807) is 0 Å². The van der Waals surface area contributed by atoms with Crippen LogP contribution in [-0.4, -0.2) is 35.3 Å². The van der Waals surface area contributed by atoms with E-state index in [0.29, 0.717) is 25.3 Å². The van der Waals surface area contributed by atoms with Gasteiger partial charge in [-0.1, -0.05) is 0 Å². The number of benzene rings is 1. The first kappa shape index (κ1) is 16.3. The van der Waals surface area contributed by atoms with E-state index in [9.17, 15) is 14.9 Å². The summed E-state index contributed by atoms with van der Waals surface area (Å²) in [6, 6.07) is 5.53. The van der Waals surface area contributed by atoms with Gasteiger partial charge in [-0.05, 0) is 6.07 Å². The van der Waals surface area contributed by atoms with Crippen LogP contribution in [0.5, 0.6) is 5.75 Å². The van der Waals surface area contributed by atoms with Crippen LogP contribution < -0.4 is 10.1 Å². The molecular weight excluding hydrogens is 306 g/mol. The molecule has 0 radical (unpaired) electrons. The number of carboxylic acid groups (broad SMARTS) is 1. The smallest absolute Gasteiger partial charge is 0.347 e. The number of aliphatic carboxylic acids is 1. The van der Waals surface area contributed by atoms with E-state index in [0.717, 1.165) is 6.20 Å². The van der Waals surface area contributed by atoms with Gasteiger partial charge in [0.2, 0.25) is 0 Å². The van der Waals surface area contributed by atoms with Crippen molar-refractivity contribution in [1.82, 2.24) is 0 Å². The summed E-state index contributed by atoms with van der Waals surface area (Å²) in [5, 5.41) is 31.1. The molecule has 0 spiro atoms. The van der Waals surface area contributed by atoms with Crippen molar-refractivity contribution < 1.29 is 24.3 Å². The molecule has 1 aromatic rings. The van der Waals surface area contributed by atoms with Gasteiger partial charge >= 0.3 is 11.7 Å². The Morgan fingerprint density at radius 3 is 2.96 bits per heavy atom. The molecule has 1 aliphatic rings. The second-order valence-corrected chi connectivity index (χ2v) is 4.66. The van der Waals surface area contributed by atoms with Crippen molar-refractivity contribution in [3.8, 4) is 11.8 Å². The fourth-order valence-electron chi connectivity index (χ4n) is 1.93. The van der Waals surface area contributed by atoms with E-state index in [2.05, 4.69) is 5.32 Å². The number of hydrogen-bond acceptors (Lipinski definition) is 7. The highest BCUT2D eigenvalue weighted by Gasteiger charge is 2.23. The van der Waals surface area contributed by atoms with Crippen molar-refractivity contribution in [2.75, 3.05) is 18.5 Å². The number of nitro groups is 1. The van der Waals surface area contributed by atoms with Crippen LogP contribution in [0.4, 0.5) is 11.4 Å². The Bertz CT molecular complexity index is 688. The summed E-state index contributed by atoms with van der Waals surface area (Å²) >= 11 is 0. The Labute approximate surface area is 130 Å². The van der Waals surface area contributed by atoms with E-state index in [4.69, 9.17) is 19.8 Å². The van der Waals surface area contributed by atoms with Crippen LogP contribution in [-0.2, 0) is 9.53 Å². The molecule has 1 fully saturated rings. The number of ether oxygens (including phenoxy) is 2. The molecule has 0 bridgehead atoms. The number of nitrogens with zero attached hydrogens (tertiary/aromatic N) is 2. The third-order valence-corrected chi connectivity index (χ3v) is 3.07. The molecule has 1 saturated heterocycles. The van der Waals surface area contributed by atoms with Gasteiger partial charge in [-0.25, -0.2) is 4.79 Å². The zero-order valence-electron chi connectivity index (χ0n) is 11.9. The Balaban J connectivity index is 2.23. The van der Waals surface area contributed by atoms with Crippen molar-refractivity contribution >= 4 is 17.3 Å². The molecule has 2 N–H and O–H groups in total. The Morgan fingerprint density at radius 2 is 2.39 bits per heavy atom. The number of anilines is 1. The fourth-order valence-corrected chi connectivity index (χ4v) is 1.93. The summed E-state index contributed by atoms with van der Waals surface area (Å²) in [7, 11) is 0. The molecule has 1 aromatic carbocycles. The Hall–Kier alpha value is -3.12. The summed E-state index contributed by atoms with van der Waals surface area (Å²) in [6.07, 6.45) is 1.37. The van der Waals surface area contributed by atoms with Crippen LogP contribution in [0.15, 0.2) is 30.0 Å². The van der Waals surface area contributed by atoms with E-state index in [1.807, 2.05) is 0 Å². The van der Waals surface area contributed by atoms with Gasteiger partial charge in [-0.15, -0.1) is 0 Å². The molecule has 1 unspecified atom stereocenters. The van der Waals surface area contributed by atoms with Crippen molar-refractivity contribution in [1.29, 1.82) is 5.26 Å². The molecule has 2 rings (SSSR count). The lowest BCUT2D eigenvalue weighted by atomic mass is 10.2. The van der Waals surface area contributed by atoms with E-state index < -0.39 is 16.5 Å². The van der Waals surface area contributed by atoms with Crippen LogP contribution in [0, 0.1) is 21.4 Å². The van der Waals surface area contributed by atoms with Gasteiger partial charge in [0.05, 0.1) is 18.1 Å². The number of nitriles is 1. The number of rotatable bonds is 6. The first-order chi connectivity index (χ1) is 11.0. The number of carbonyl (C=O) groups is 1. The fraction of sp³-hybridized carbons (Fsp3) is 0.286. The van der Waals surface area contributed by atoms with Crippen molar-refractivity contribution in [2.24, 2.45) is 0 Å².